The molecule has 0 bridgehead atoms. The number of hydrogen-bond acceptors (Lipinski definition) is 7. The molecule has 2 aliphatic heterocycles. The number of benzene rings is 1. The van der Waals surface area contributed by atoms with Gasteiger partial charge in [-0.25, -0.2) is 15.4 Å². The fraction of sp³-hybridized carbons (Fsp3) is 0.333. The zero-order chi connectivity index (χ0) is 19.6. The SMILES string of the molecule is CN1CCCC1COc1cccc(Nc2nccn3c(C4=CNNC4)cnc23)c1. The van der Waals surface area contributed by atoms with Crippen molar-refractivity contribution in [1.29, 1.82) is 0 Å². The van der Waals surface area contributed by atoms with Gasteiger partial charge in [-0.15, -0.1) is 0 Å². The predicted octanol–water partition coefficient (Wildman–Crippen LogP) is 2.39. The van der Waals surface area contributed by atoms with Crippen molar-refractivity contribution in [3.8, 4) is 5.75 Å². The van der Waals surface area contributed by atoms with Gasteiger partial charge in [0.2, 0.25) is 0 Å². The molecule has 1 saturated heterocycles. The number of nitrogens with zero attached hydrogens (tertiary/aromatic N) is 4. The van der Waals surface area contributed by atoms with Gasteiger partial charge in [0.15, 0.2) is 11.5 Å². The first-order valence-corrected chi connectivity index (χ1v) is 9.98. The highest BCUT2D eigenvalue weighted by molar-refractivity contribution is 5.75. The second kappa shape index (κ2) is 7.73. The van der Waals surface area contributed by atoms with Crippen LogP contribution in [0.1, 0.15) is 18.5 Å². The Bertz CT molecular complexity index is 1040. The number of hydrazine groups is 1. The van der Waals surface area contributed by atoms with Crippen molar-refractivity contribution in [2.24, 2.45) is 0 Å². The van der Waals surface area contributed by atoms with E-state index in [0.29, 0.717) is 18.5 Å². The van der Waals surface area contributed by atoms with Crippen LogP contribution in [0.2, 0.25) is 0 Å². The molecule has 8 heteroatoms. The van der Waals surface area contributed by atoms with Crippen molar-refractivity contribution in [1.82, 2.24) is 30.1 Å². The minimum Gasteiger partial charge on any atom is -0.492 e. The first kappa shape index (κ1) is 18.0. The van der Waals surface area contributed by atoms with Gasteiger partial charge in [0, 0.05) is 48.5 Å². The highest BCUT2D eigenvalue weighted by Gasteiger charge is 2.21. The minimum atomic E-state index is 0.499. The molecule has 8 nitrogen and oxygen atoms in total. The quantitative estimate of drug-likeness (QED) is 0.595. The number of rotatable bonds is 6. The topological polar surface area (TPSA) is 78.8 Å². The van der Waals surface area contributed by atoms with E-state index in [9.17, 15) is 0 Å². The minimum absolute atomic E-state index is 0.499. The van der Waals surface area contributed by atoms with Crippen molar-refractivity contribution < 1.29 is 4.74 Å². The smallest absolute Gasteiger partial charge is 0.180 e. The molecule has 3 aromatic rings. The predicted molar refractivity (Wildman–Crippen MR) is 113 cm³/mol. The van der Waals surface area contributed by atoms with Crippen LogP contribution in [0.3, 0.4) is 0 Å². The molecule has 0 amide bonds. The van der Waals surface area contributed by atoms with Crippen LogP contribution in [-0.2, 0) is 0 Å². The number of anilines is 2. The molecule has 0 aliphatic carbocycles. The molecule has 2 aliphatic rings. The van der Waals surface area contributed by atoms with Crippen molar-refractivity contribution in [2.75, 3.05) is 32.1 Å². The molecule has 3 N–H and O–H groups in total. The first-order chi connectivity index (χ1) is 14.3. The fourth-order valence-corrected chi connectivity index (χ4v) is 3.93. The summed E-state index contributed by atoms with van der Waals surface area (Å²) >= 11 is 0. The number of nitrogens with one attached hydrogen (secondary N) is 3. The Balaban J connectivity index is 1.34. The van der Waals surface area contributed by atoms with Crippen LogP contribution in [0.15, 0.2) is 49.1 Å². The van der Waals surface area contributed by atoms with E-state index in [2.05, 4.69) is 38.1 Å². The van der Waals surface area contributed by atoms with Gasteiger partial charge in [0.1, 0.15) is 12.4 Å². The molecule has 0 saturated carbocycles. The van der Waals surface area contributed by atoms with Crippen LogP contribution >= 0.6 is 0 Å². The summed E-state index contributed by atoms with van der Waals surface area (Å²) < 4.78 is 8.10. The first-order valence-electron chi connectivity index (χ1n) is 9.98. The number of likely N-dealkylation sites (N-methyl/N-ethyl adjacent to an activating group) is 1. The van der Waals surface area contributed by atoms with Crippen molar-refractivity contribution in [3.05, 3.63) is 54.7 Å². The lowest BCUT2D eigenvalue weighted by Gasteiger charge is -2.19. The van der Waals surface area contributed by atoms with Gasteiger partial charge >= 0.3 is 0 Å². The number of fused-ring (bicyclic) bond motifs is 1. The van der Waals surface area contributed by atoms with Gasteiger partial charge in [-0.2, -0.15) is 0 Å². The van der Waals surface area contributed by atoms with Crippen molar-refractivity contribution >= 4 is 22.7 Å². The largest absolute Gasteiger partial charge is 0.492 e. The van der Waals surface area contributed by atoms with E-state index in [1.165, 1.54) is 12.8 Å². The Kier molecular flexibility index (Phi) is 4.79. The van der Waals surface area contributed by atoms with Crippen LogP contribution in [0.25, 0.3) is 11.2 Å². The lowest BCUT2D eigenvalue weighted by molar-refractivity contribution is 0.198. The normalized spacial score (nSPS) is 19.3. The number of hydrogen-bond donors (Lipinski definition) is 3. The summed E-state index contributed by atoms with van der Waals surface area (Å²) in [5, 5.41) is 3.39. The van der Waals surface area contributed by atoms with Gasteiger partial charge in [0.05, 0.1) is 11.9 Å². The number of imidazole rings is 1. The zero-order valence-electron chi connectivity index (χ0n) is 16.4. The Morgan fingerprint density at radius 2 is 2.28 bits per heavy atom. The molecular weight excluding hydrogens is 366 g/mol. The van der Waals surface area contributed by atoms with Gasteiger partial charge in [-0.05, 0) is 38.6 Å². The Morgan fingerprint density at radius 1 is 1.31 bits per heavy atom. The van der Waals surface area contributed by atoms with Gasteiger partial charge < -0.3 is 20.4 Å². The number of aromatic nitrogens is 3. The molecule has 1 fully saturated rings. The van der Waals surface area contributed by atoms with E-state index in [1.807, 2.05) is 47.3 Å². The lowest BCUT2D eigenvalue weighted by atomic mass is 10.2. The van der Waals surface area contributed by atoms with E-state index in [0.717, 1.165) is 41.4 Å². The average molecular weight is 391 g/mol. The maximum absolute atomic E-state index is 6.05. The zero-order valence-corrected chi connectivity index (χ0v) is 16.4. The van der Waals surface area contributed by atoms with E-state index >= 15 is 0 Å². The summed E-state index contributed by atoms with van der Waals surface area (Å²) in [4.78, 5) is 11.5. The molecule has 150 valence electrons. The summed E-state index contributed by atoms with van der Waals surface area (Å²) in [5.41, 5.74) is 10.0. The van der Waals surface area contributed by atoms with E-state index < -0.39 is 0 Å². The second-order valence-electron chi connectivity index (χ2n) is 7.52. The Morgan fingerprint density at radius 3 is 3.10 bits per heavy atom. The third kappa shape index (κ3) is 3.64. The van der Waals surface area contributed by atoms with Crippen molar-refractivity contribution in [3.63, 3.8) is 0 Å². The Hall–Kier alpha value is -3.10. The monoisotopic (exact) mass is 391 g/mol. The van der Waals surface area contributed by atoms with Gasteiger partial charge in [-0.1, -0.05) is 6.07 Å². The molecule has 29 heavy (non-hydrogen) atoms. The summed E-state index contributed by atoms with van der Waals surface area (Å²) in [7, 11) is 2.16. The molecule has 0 radical (unpaired) electrons. The lowest BCUT2D eigenvalue weighted by Crippen LogP contribution is -2.30. The van der Waals surface area contributed by atoms with Crippen LogP contribution in [-0.4, -0.2) is 52.1 Å². The molecule has 1 atom stereocenters. The molecule has 5 rings (SSSR count). The average Bonchev–Trinajstić information content (AvgIpc) is 3.48. The fourth-order valence-electron chi connectivity index (χ4n) is 3.93. The molecule has 1 unspecified atom stereocenters. The number of likely N-dealkylation sites (tertiary alicyclic amines) is 1. The van der Waals surface area contributed by atoms with E-state index in [-0.39, 0.29) is 0 Å². The van der Waals surface area contributed by atoms with E-state index in [1.54, 1.807) is 6.20 Å². The second-order valence-corrected chi connectivity index (χ2v) is 7.52. The maximum atomic E-state index is 6.05. The molecule has 0 spiro atoms. The summed E-state index contributed by atoms with van der Waals surface area (Å²) in [6, 6.07) is 8.51. The van der Waals surface area contributed by atoms with Crippen LogP contribution in [0, 0.1) is 0 Å². The summed E-state index contributed by atoms with van der Waals surface area (Å²) in [6.07, 6.45) is 9.99. The van der Waals surface area contributed by atoms with Crippen LogP contribution in [0.5, 0.6) is 5.75 Å². The van der Waals surface area contributed by atoms with Crippen LogP contribution < -0.4 is 20.9 Å². The van der Waals surface area contributed by atoms with Crippen molar-refractivity contribution in [2.45, 2.75) is 18.9 Å². The Labute approximate surface area is 169 Å². The van der Waals surface area contributed by atoms with Crippen LogP contribution in [0.4, 0.5) is 11.5 Å². The number of ether oxygens (including phenoxy) is 1. The standard InChI is InChI=1S/C21H25N7O/c1-27-8-3-5-17(27)14-29-18-6-2-4-16(10-18)26-20-21-23-13-19(15-11-24-25-12-15)28(21)9-7-22-20/h2,4,6-7,9-11,13,17,24-25H,3,5,8,12,14H2,1H3,(H,22,26). The highest BCUT2D eigenvalue weighted by atomic mass is 16.5. The van der Waals surface area contributed by atoms with E-state index in [4.69, 9.17) is 4.74 Å². The third-order valence-electron chi connectivity index (χ3n) is 5.59. The summed E-state index contributed by atoms with van der Waals surface area (Å²) in [6.45, 7) is 2.63. The molecule has 4 heterocycles. The maximum Gasteiger partial charge on any atom is 0.180 e. The third-order valence-corrected chi connectivity index (χ3v) is 5.59. The summed E-state index contributed by atoms with van der Waals surface area (Å²) in [5.74, 6) is 1.57. The molecule has 2 aromatic heterocycles. The molecular formula is C21H25N7O. The van der Waals surface area contributed by atoms with Gasteiger partial charge in [0.25, 0.3) is 0 Å². The molecule has 1 aromatic carbocycles. The van der Waals surface area contributed by atoms with Gasteiger partial charge in [-0.3, -0.25) is 4.40 Å². The highest BCUT2D eigenvalue weighted by Crippen LogP contribution is 2.25.